The summed E-state index contributed by atoms with van der Waals surface area (Å²) in [6, 6.07) is 16.5. The largest absolute Gasteiger partial charge is 0.494 e. The van der Waals surface area contributed by atoms with Crippen molar-refractivity contribution < 1.29 is 9.53 Å². The Morgan fingerprint density at radius 3 is 2.64 bits per heavy atom. The van der Waals surface area contributed by atoms with Crippen LogP contribution in [-0.4, -0.2) is 28.6 Å². The zero-order chi connectivity index (χ0) is 19.8. The lowest BCUT2D eigenvalue weighted by Crippen LogP contribution is -2.21. The third kappa shape index (κ3) is 5.35. The van der Waals surface area contributed by atoms with Gasteiger partial charge in [-0.05, 0) is 49.1 Å². The SMILES string of the molecule is CCc1ccc(OCCCn2c(CCCNC(C)=O)nc3ccccc32)cc1. The predicted octanol–water partition coefficient (Wildman–Crippen LogP) is 4.14. The first-order valence-electron chi connectivity index (χ1n) is 10.1. The van der Waals surface area contributed by atoms with Crippen LogP contribution in [-0.2, 0) is 24.2 Å². The van der Waals surface area contributed by atoms with Crippen molar-refractivity contribution in [3.05, 3.63) is 59.9 Å². The number of aryl methyl sites for hydroxylation is 3. The van der Waals surface area contributed by atoms with Gasteiger partial charge in [-0.3, -0.25) is 4.79 Å². The van der Waals surface area contributed by atoms with Crippen molar-refractivity contribution in [2.24, 2.45) is 0 Å². The Kier molecular flexibility index (Phi) is 7.06. The molecule has 28 heavy (non-hydrogen) atoms. The van der Waals surface area contributed by atoms with Crippen LogP contribution in [0, 0.1) is 0 Å². The minimum atomic E-state index is 0.0117. The molecule has 0 aliphatic heterocycles. The van der Waals surface area contributed by atoms with Crippen LogP contribution in [0.25, 0.3) is 11.0 Å². The minimum Gasteiger partial charge on any atom is -0.494 e. The number of fused-ring (bicyclic) bond motifs is 1. The van der Waals surface area contributed by atoms with E-state index in [1.807, 2.05) is 24.3 Å². The van der Waals surface area contributed by atoms with Crippen molar-refractivity contribution in [2.75, 3.05) is 13.2 Å². The zero-order valence-electron chi connectivity index (χ0n) is 16.8. The van der Waals surface area contributed by atoms with Gasteiger partial charge < -0.3 is 14.6 Å². The molecule has 0 saturated carbocycles. The Morgan fingerprint density at radius 1 is 1.11 bits per heavy atom. The summed E-state index contributed by atoms with van der Waals surface area (Å²) in [5.74, 6) is 2.00. The highest BCUT2D eigenvalue weighted by Crippen LogP contribution is 2.18. The van der Waals surface area contributed by atoms with E-state index in [0.29, 0.717) is 13.2 Å². The van der Waals surface area contributed by atoms with Gasteiger partial charge in [0.1, 0.15) is 11.6 Å². The number of hydrogen-bond acceptors (Lipinski definition) is 3. The van der Waals surface area contributed by atoms with Gasteiger partial charge in [-0.1, -0.05) is 31.2 Å². The molecule has 1 N–H and O–H groups in total. The summed E-state index contributed by atoms with van der Waals surface area (Å²) in [6.07, 6.45) is 3.67. The van der Waals surface area contributed by atoms with Crippen molar-refractivity contribution in [1.29, 1.82) is 0 Å². The molecular weight excluding hydrogens is 350 g/mol. The first kappa shape index (κ1) is 19.9. The Balaban J connectivity index is 1.58. The highest BCUT2D eigenvalue weighted by molar-refractivity contribution is 5.76. The van der Waals surface area contributed by atoms with Crippen LogP contribution in [0.5, 0.6) is 5.75 Å². The normalized spacial score (nSPS) is 10.9. The molecule has 5 heteroatoms. The van der Waals surface area contributed by atoms with E-state index in [2.05, 4.69) is 41.1 Å². The Morgan fingerprint density at radius 2 is 1.89 bits per heavy atom. The van der Waals surface area contributed by atoms with Gasteiger partial charge in [-0.25, -0.2) is 4.98 Å². The highest BCUT2D eigenvalue weighted by atomic mass is 16.5. The first-order valence-corrected chi connectivity index (χ1v) is 10.1. The number of nitrogens with zero attached hydrogens (tertiary/aromatic N) is 2. The van der Waals surface area contributed by atoms with Crippen molar-refractivity contribution in [2.45, 2.75) is 46.1 Å². The summed E-state index contributed by atoms with van der Waals surface area (Å²) in [5.41, 5.74) is 3.50. The average molecular weight is 380 g/mol. The highest BCUT2D eigenvalue weighted by Gasteiger charge is 2.10. The van der Waals surface area contributed by atoms with Crippen molar-refractivity contribution >= 4 is 16.9 Å². The zero-order valence-corrected chi connectivity index (χ0v) is 16.8. The van der Waals surface area contributed by atoms with Gasteiger partial charge in [0.15, 0.2) is 0 Å². The molecule has 0 aliphatic carbocycles. The molecule has 1 heterocycles. The standard InChI is InChI=1S/C23H29N3O2/c1-3-19-11-13-20(14-12-19)28-17-7-16-26-22-9-5-4-8-21(22)25-23(26)10-6-15-24-18(2)27/h4-5,8-9,11-14H,3,6-7,10,15-17H2,1-2H3,(H,24,27). The lowest BCUT2D eigenvalue weighted by molar-refractivity contribution is -0.118. The maximum absolute atomic E-state index is 11.0. The quantitative estimate of drug-likeness (QED) is 0.539. The maximum Gasteiger partial charge on any atom is 0.216 e. The molecule has 3 aromatic rings. The van der Waals surface area contributed by atoms with Crippen LogP contribution in [0.1, 0.15) is 38.1 Å². The third-order valence-corrected chi connectivity index (χ3v) is 4.81. The molecule has 3 rings (SSSR count). The first-order chi connectivity index (χ1) is 13.7. The number of nitrogens with one attached hydrogen (secondary N) is 1. The molecule has 2 aromatic carbocycles. The van der Waals surface area contributed by atoms with E-state index in [9.17, 15) is 4.79 Å². The minimum absolute atomic E-state index is 0.0117. The van der Waals surface area contributed by atoms with Gasteiger partial charge in [-0.15, -0.1) is 0 Å². The summed E-state index contributed by atoms with van der Waals surface area (Å²) < 4.78 is 8.18. The van der Waals surface area contributed by atoms with E-state index in [4.69, 9.17) is 9.72 Å². The number of aromatic nitrogens is 2. The summed E-state index contributed by atoms with van der Waals surface area (Å²) in [7, 11) is 0. The number of benzene rings is 2. The van der Waals surface area contributed by atoms with Crippen molar-refractivity contribution in [1.82, 2.24) is 14.9 Å². The van der Waals surface area contributed by atoms with Crippen LogP contribution in [0.3, 0.4) is 0 Å². The second-order valence-corrected chi connectivity index (χ2v) is 6.95. The molecule has 0 spiro atoms. The monoisotopic (exact) mass is 379 g/mol. The van der Waals surface area contributed by atoms with E-state index in [1.54, 1.807) is 6.92 Å². The summed E-state index contributed by atoms with van der Waals surface area (Å²) in [5, 5.41) is 2.85. The molecule has 5 nitrogen and oxygen atoms in total. The summed E-state index contributed by atoms with van der Waals surface area (Å²) >= 11 is 0. The summed E-state index contributed by atoms with van der Waals surface area (Å²) in [4.78, 5) is 15.8. The van der Waals surface area contributed by atoms with Gasteiger partial charge in [-0.2, -0.15) is 0 Å². The van der Waals surface area contributed by atoms with Gasteiger partial charge >= 0.3 is 0 Å². The fourth-order valence-electron chi connectivity index (χ4n) is 3.31. The number of amides is 1. The number of carbonyl (C=O) groups excluding carboxylic acids is 1. The second-order valence-electron chi connectivity index (χ2n) is 6.95. The smallest absolute Gasteiger partial charge is 0.216 e. The molecular formula is C23H29N3O2. The third-order valence-electron chi connectivity index (χ3n) is 4.81. The fraction of sp³-hybridized carbons (Fsp3) is 0.391. The van der Waals surface area contributed by atoms with Gasteiger partial charge in [0.2, 0.25) is 5.91 Å². The number of rotatable bonds is 10. The van der Waals surface area contributed by atoms with E-state index in [1.165, 1.54) is 5.56 Å². The molecule has 1 amide bonds. The van der Waals surface area contributed by atoms with E-state index >= 15 is 0 Å². The number of carbonyl (C=O) groups is 1. The molecule has 0 radical (unpaired) electrons. The number of para-hydroxylation sites is 2. The van der Waals surface area contributed by atoms with E-state index in [0.717, 1.165) is 54.8 Å². The summed E-state index contributed by atoms with van der Waals surface area (Å²) in [6.45, 7) is 5.91. The number of hydrogen-bond donors (Lipinski definition) is 1. The lowest BCUT2D eigenvalue weighted by atomic mass is 10.2. The van der Waals surface area contributed by atoms with Crippen molar-refractivity contribution in [3.63, 3.8) is 0 Å². The van der Waals surface area contributed by atoms with Crippen LogP contribution >= 0.6 is 0 Å². The molecule has 1 aromatic heterocycles. The van der Waals surface area contributed by atoms with Gasteiger partial charge in [0.25, 0.3) is 0 Å². The van der Waals surface area contributed by atoms with Gasteiger partial charge in [0.05, 0.1) is 17.6 Å². The average Bonchev–Trinajstić information content (AvgIpc) is 3.06. The molecule has 0 fully saturated rings. The van der Waals surface area contributed by atoms with Gasteiger partial charge in [0, 0.05) is 26.4 Å². The number of ether oxygens (including phenoxy) is 1. The molecule has 0 unspecified atom stereocenters. The molecule has 0 bridgehead atoms. The Bertz CT molecular complexity index is 900. The fourth-order valence-corrected chi connectivity index (χ4v) is 3.31. The molecule has 0 saturated heterocycles. The lowest BCUT2D eigenvalue weighted by Gasteiger charge is -2.11. The van der Waals surface area contributed by atoms with Crippen LogP contribution < -0.4 is 10.1 Å². The molecule has 0 aliphatic rings. The predicted molar refractivity (Wildman–Crippen MR) is 113 cm³/mol. The van der Waals surface area contributed by atoms with Crippen LogP contribution in [0.2, 0.25) is 0 Å². The molecule has 148 valence electrons. The second kappa shape index (κ2) is 9.93. The number of imidazole rings is 1. The van der Waals surface area contributed by atoms with E-state index < -0.39 is 0 Å². The van der Waals surface area contributed by atoms with Crippen molar-refractivity contribution in [3.8, 4) is 5.75 Å². The Hall–Kier alpha value is -2.82. The van der Waals surface area contributed by atoms with Crippen LogP contribution in [0.4, 0.5) is 0 Å². The Labute approximate surface area is 166 Å². The van der Waals surface area contributed by atoms with Crippen LogP contribution in [0.15, 0.2) is 48.5 Å². The maximum atomic E-state index is 11.0. The van der Waals surface area contributed by atoms with E-state index in [-0.39, 0.29) is 5.91 Å². The molecule has 0 atom stereocenters. The topological polar surface area (TPSA) is 56.1 Å².